The zero-order chi connectivity index (χ0) is 10.6. The molecular weight excluding hydrogens is 196 g/mol. The second-order valence-corrected chi connectivity index (χ2v) is 4.39. The third-order valence-electron chi connectivity index (χ3n) is 2.03. The highest BCUT2D eigenvalue weighted by Gasteiger charge is 2.13. The van der Waals surface area contributed by atoms with Crippen molar-refractivity contribution in [1.29, 1.82) is 0 Å². The Morgan fingerprint density at radius 2 is 2.36 bits per heavy atom. The Balaban J connectivity index is 2.56. The largest absolute Gasteiger partial charge is 0.340 e. The van der Waals surface area contributed by atoms with Crippen LogP contribution in [0.15, 0.2) is 5.38 Å². The van der Waals surface area contributed by atoms with Crippen LogP contribution < -0.4 is 0 Å². The third kappa shape index (κ3) is 2.80. The number of aromatic nitrogens is 1. The zero-order valence-corrected chi connectivity index (χ0v) is 9.73. The predicted octanol–water partition coefficient (Wildman–Crippen LogP) is 2.32. The third-order valence-corrected chi connectivity index (χ3v) is 2.81. The average Bonchev–Trinajstić information content (AvgIpc) is 2.60. The number of amides is 1. The van der Waals surface area contributed by atoms with E-state index < -0.39 is 0 Å². The highest BCUT2D eigenvalue weighted by molar-refractivity contribution is 7.09. The topological polar surface area (TPSA) is 33.2 Å². The van der Waals surface area contributed by atoms with Gasteiger partial charge in [-0.05, 0) is 13.3 Å². The molecule has 14 heavy (non-hydrogen) atoms. The van der Waals surface area contributed by atoms with Crippen LogP contribution in [-0.2, 0) is 0 Å². The van der Waals surface area contributed by atoms with E-state index in [0.717, 1.165) is 24.4 Å². The minimum absolute atomic E-state index is 0.0304. The lowest BCUT2D eigenvalue weighted by Gasteiger charge is -2.14. The molecule has 1 amide bonds. The fourth-order valence-corrected chi connectivity index (χ4v) is 1.74. The van der Waals surface area contributed by atoms with Gasteiger partial charge in [0.2, 0.25) is 0 Å². The van der Waals surface area contributed by atoms with Gasteiger partial charge in [0.15, 0.2) is 0 Å². The van der Waals surface area contributed by atoms with Crippen molar-refractivity contribution < 1.29 is 4.79 Å². The van der Waals surface area contributed by atoms with E-state index in [1.54, 1.807) is 4.90 Å². The Morgan fingerprint density at radius 3 is 2.86 bits per heavy atom. The highest BCUT2D eigenvalue weighted by Crippen LogP contribution is 2.10. The summed E-state index contributed by atoms with van der Waals surface area (Å²) in [6, 6.07) is 0. The van der Waals surface area contributed by atoms with Crippen LogP contribution in [0.3, 0.4) is 0 Å². The molecule has 0 saturated heterocycles. The van der Waals surface area contributed by atoms with Crippen molar-refractivity contribution in [3.05, 3.63) is 16.1 Å². The number of carbonyl (C=O) groups excluding carboxylic acids is 1. The number of hydrogen-bond acceptors (Lipinski definition) is 3. The van der Waals surface area contributed by atoms with Gasteiger partial charge in [0.25, 0.3) is 5.91 Å². The molecule has 0 saturated carbocycles. The van der Waals surface area contributed by atoms with E-state index >= 15 is 0 Å². The van der Waals surface area contributed by atoms with Crippen LogP contribution in [0.5, 0.6) is 0 Å². The normalized spacial score (nSPS) is 10.2. The van der Waals surface area contributed by atoms with Gasteiger partial charge in [0.05, 0.1) is 5.01 Å². The van der Waals surface area contributed by atoms with Crippen molar-refractivity contribution in [3.63, 3.8) is 0 Å². The lowest BCUT2D eigenvalue weighted by molar-refractivity contribution is 0.0788. The van der Waals surface area contributed by atoms with Gasteiger partial charge >= 0.3 is 0 Å². The Labute approximate surface area is 88.8 Å². The number of thiazole rings is 1. The molecule has 4 heteroatoms. The molecule has 3 nitrogen and oxygen atoms in total. The molecule has 0 aromatic carbocycles. The molecule has 0 N–H and O–H groups in total. The van der Waals surface area contributed by atoms with E-state index in [2.05, 4.69) is 11.9 Å². The van der Waals surface area contributed by atoms with E-state index in [9.17, 15) is 4.79 Å². The van der Waals surface area contributed by atoms with E-state index in [-0.39, 0.29) is 5.91 Å². The van der Waals surface area contributed by atoms with E-state index in [1.807, 2.05) is 19.4 Å². The molecule has 1 aromatic heterocycles. The molecule has 78 valence electrons. The first-order valence-electron chi connectivity index (χ1n) is 4.82. The van der Waals surface area contributed by atoms with E-state index in [4.69, 9.17) is 0 Å². The van der Waals surface area contributed by atoms with Crippen LogP contribution in [0.25, 0.3) is 0 Å². The first kappa shape index (κ1) is 11.2. The molecule has 0 unspecified atom stereocenters. The van der Waals surface area contributed by atoms with Gasteiger partial charge in [-0.25, -0.2) is 4.98 Å². The summed E-state index contributed by atoms with van der Waals surface area (Å²) in [5.41, 5.74) is 0.575. The zero-order valence-electron chi connectivity index (χ0n) is 8.91. The van der Waals surface area contributed by atoms with Gasteiger partial charge in [-0.3, -0.25) is 4.79 Å². The molecule has 0 aliphatic heterocycles. The fraction of sp³-hybridized carbons (Fsp3) is 0.600. The first-order valence-corrected chi connectivity index (χ1v) is 5.70. The predicted molar refractivity (Wildman–Crippen MR) is 58.7 cm³/mol. The molecule has 0 aliphatic carbocycles. The molecule has 0 aliphatic rings. The standard InChI is InChI=1S/C10H16N2OS/c1-4-5-6-12(3)10(13)9-7-14-8(2)11-9/h7H,4-6H2,1-3H3. The van der Waals surface area contributed by atoms with Crippen LogP contribution in [0, 0.1) is 6.92 Å². The summed E-state index contributed by atoms with van der Waals surface area (Å²) < 4.78 is 0. The van der Waals surface area contributed by atoms with Crippen molar-refractivity contribution in [2.24, 2.45) is 0 Å². The SMILES string of the molecule is CCCCN(C)C(=O)c1csc(C)n1. The van der Waals surface area contributed by atoms with Gasteiger partial charge in [-0.1, -0.05) is 13.3 Å². The summed E-state index contributed by atoms with van der Waals surface area (Å²) in [4.78, 5) is 17.6. The van der Waals surface area contributed by atoms with Gasteiger partial charge in [-0.2, -0.15) is 0 Å². The first-order chi connectivity index (χ1) is 6.65. The van der Waals surface area contributed by atoms with Crippen LogP contribution in [0.4, 0.5) is 0 Å². The van der Waals surface area contributed by atoms with E-state index in [1.165, 1.54) is 11.3 Å². The molecular formula is C10H16N2OS. The summed E-state index contributed by atoms with van der Waals surface area (Å²) in [7, 11) is 1.83. The number of hydrogen-bond donors (Lipinski definition) is 0. The van der Waals surface area contributed by atoms with Crippen molar-refractivity contribution >= 4 is 17.2 Å². The summed E-state index contributed by atoms with van der Waals surface area (Å²) in [5, 5.41) is 2.76. The Bertz CT molecular complexity index is 309. The monoisotopic (exact) mass is 212 g/mol. The quantitative estimate of drug-likeness (QED) is 0.767. The number of rotatable bonds is 4. The fourth-order valence-electron chi connectivity index (χ4n) is 1.15. The maximum absolute atomic E-state index is 11.7. The van der Waals surface area contributed by atoms with Crippen LogP contribution in [0.2, 0.25) is 0 Å². The Kier molecular flexibility index (Phi) is 4.07. The number of carbonyl (C=O) groups is 1. The van der Waals surface area contributed by atoms with Crippen LogP contribution in [0.1, 0.15) is 35.3 Å². The van der Waals surface area contributed by atoms with Gasteiger partial charge < -0.3 is 4.90 Å². The van der Waals surface area contributed by atoms with Crippen LogP contribution >= 0.6 is 11.3 Å². The maximum atomic E-state index is 11.7. The van der Waals surface area contributed by atoms with Crippen molar-refractivity contribution in [3.8, 4) is 0 Å². The number of unbranched alkanes of at least 4 members (excludes halogenated alkanes) is 1. The van der Waals surface area contributed by atoms with E-state index in [0.29, 0.717) is 5.69 Å². The second kappa shape index (κ2) is 5.10. The van der Waals surface area contributed by atoms with Gasteiger partial charge in [0.1, 0.15) is 5.69 Å². The minimum Gasteiger partial charge on any atom is -0.340 e. The molecule has 0 bridgehead atoms. The summed E-state index contributed by atoms with van der Waals surface area (Å²) in [6.45, 7) is 4.84. The minimum atomic E-state index is 0.0304. The molecule has 0 spiro atoms. The van der Waals surface area contributed by atoms with Crippen molar-refractivity contribution in [1.82, 2.24) is 9.88 Å². The molecule has 1 aromatic rings. The summed E-state index contributed by atoms with van der Waals surface area (Å²) in [6.07, 6.45) is 2.15. The van der Waals surface area contributed by atoms with Crippen molar-refractivity contribution in [2.45, 2.75) is 26.7 Å². The second-order valence-electron chi connectivity index (χ2n) is 3.33. The molecule has 0 atom stereocenters. The molecule has 0 fully saturated rings. The number of nitrogens with zero attached hydrogens (tertiary/aromatic N) is 2. The van der Waals surface area contributed by atoms with Gasteiger partial charge in [-0.15, -0.1) is 11.3 Å². The van der Waals surface area contributed by atoms with Crippen LogP contribution in [-0.4, -0.2) is 29.4 Å². The Morgan fingerprint density at radius 1 is 1.64 bits per heavy atom. The lowest BCUT2D eigenvalue weighted by Crippen LogP contribution is -2.27. The lowest BCUT2D eigenvalue weighted by atomic mass is 10.3. The number of aryl methyl sites for hydroxylation is 1. The van der Waals surface area contributed by atoms with Crippen molar-refractivity contribution in [2.75, 3.05) is 13.6 Å². The summed E-state index contributed by atoms with van der Waals surface area (Å²) in [5.74, 6) is 0.0304. The average molecular weight is 212 g/mol. The molecule has 1 heterocycles. The summed E-state index contributed by atoms with van der Waals surface area (Å²) >= 11 is 1.52. The highest BCUT2D eigenvalue weighted by atomic mass is 32.1. The Hall–Kier alpha value is -0.900. The smallest absolute Gasteiger partial charge is 0.273 e. The molecule has 1 rings (SSSR count). The maximum Gasteiger partial charge on any atom is 0.273 e. The molecule has 0 radical (unpaired) electrons. The van der Waals surface area contributed by atoms with Gasteiger partial charge in [0, 0.05) is 19.0 Å².